The molecule has 0 unspecified atom stereocenters. The highest BCUT2D eigenvalue weighted by Gasteiger charge is 2.21. The number of hydrogen-bond acceptors (Lipinski definition) is 4. The molecule has 2 N–H and O–H groups in total. The largest absolute Gasteiger partial charge is 0.391 e. The highest BCUT2D eigenvalue weighted by molar-refractivity contribution is 7.93. The van der Waals surface area contributed by atoms with Crippen LogP contribution in [0.1, 0.15) is 9.75 Å². The van der Waals surface area contributed by atoms with Crippen molar-refractivity contribution in [1.29, 1.82) is 0 Å². The van der Waals surface area contributed by atoms with E-state index in [0.717, 1.165) is 0 Å². The Morgan fingerprint density at radius 1 is 1.45 bits per heavy atom. The molecule has 20 heavy (non-hydrogen) atoms. The smallest absolute Gasteiger partial charge is 0.263 e. The molecule has 0 atom stereocenters. The zero-order valence-electron chi connectivity index (χ0n) is 10.4. The average Bonchev–Trinajstić information content (AvgIpc) is 2.77. The lowest BCUT2D eigenvalue weighted by Gasteiger charge is -2.09. The predicted octanol–water partition coefficient (Wildman–Crippen LogP) is 3.14. The Bertz CT molecular complexity index is 743. The van der Waals surface area contributed by atoms with Gasteiger partial charge in [-0.25, -0.2) is 12.8 Å². The van der Waals surface area contributed by atoms with Crippen LogP contribution in [0.25, 0.3) is 0 Å². The highest BCUT2D eigenvalue weighted by atomic mass is 35.5. The van der Waals surface area contributed by atoms with Gasteiger partial charge in [-0.2, -0.15) is 0 Å². The summed E-state index contributed by atoms with van der Waals surface area (Å²) >= 11 is 6.78. The van der Waals surface area contributed by atoms with Crippen molar-refractivity contribution in [2.45, 2.75) is 18.4 Å². The van der Waals surface area contributed by atoms with Crippen molar-refractivity contribution in [2.24, 2.45) is 0 Å². The summed E-state index contributed by atoms with van der Waals surface area (Å²) < 4.78 is 40.3. The van der Waals surface area contributed by atoms with E-state index in [9.17, 15) is 12.8 Å². The first-order valence-corrected chi connectivity index (χ1v) is 8.20. The fourth-order valence-electron chi connectivity index (χ4n) is 1.65. The van der Waals surface area contributed by atoms with E-state index in [4.69, 9.17) is 16.7 Å². The van der Waals surface area contributed by atoms with Gasteiger partial charge in [-0.1, -0.05) is 17.7 Å². The third-order valence-electron chi connectivity index (χ3n) is 2.56. The van der Waals surface area contributed by atoms with Crippen molar-refractivity contribution in [1.82, 2.24) is 0 Å². The molecule has 0 saturated heterocycles. The van der Waals surface area contributed by atoms with Crippen LogP contribution in [-0.2, 0) is 16.6 Å². The molecule has 2 rings (SSSR count). The molecule has 0 saturated carbocycles. The fourth-order valence-corrected chi connectivity index (χ4v) is 4.38. The summed E-state index contributed by atoms with van der Waals surface area (Å²) in [5.74, 6) is -0.826. The molecule has 0 aliphatic rings. The lowest BCUT2D eigenvalue weighted by molar-refractivity contribution is 0.285. The number of anilines is 1. The van der Waals surface area contributed by atoms with E-state index in [0.29, 0.717) is 9.75 Å². The summed E-state index contributed by atoms with van der Waals surface area (Å²) in [6, 6.07) is 5.43. The minimum atomic E-state index is -3.92. The molecule has 8 heteroatoms. The maximum Gasteiger partial charge on any atom is 0.263 e. The number of nitrogens with one attached hydrogen (secondary N) is 1. The number of sulfonamides is 1. The first kappa shape index (κ1) is 15.2. The minimum Gasteiger partial charge on any atom is -0.391 e. The quantitative estimate of drug-likeness (QED) is 0.902. The van der Waals surface area contributed by atoms with E-state index in [1.165, 1.54) is 35.6 Å². The lowest BCUT2D eigenvalue weighted by atomic mass is 10.3. The van der Waals surface area contributed by atoms with Gasteiger partial charge in [0.15, 0.2) is 5.82 Å². The van der Waals surface area contributed by atoms with Gasteiger partial charge in [-0.3, -0.25) is 4.72 Å². The lowest BCUT2D eigenvalue weighted by Crippen LogP contribution is -2.14. The predicted molar refractivity (Wildman–Crippen MR) is 77.2 cm³/mol. The number of aryl methyl sites for hydroxylation is 1. The van der Waals surface area contributed by atoms with Crippen LogP contribution in [0, 0.1) is 12.7 Å². The summed E-state index contributed by atoms with van der Waals surface area (Å²) in [6.45, 7) is 1.37. The van der Waals surface area contributed by atoms with E-state index >= 15 is 0 Å². The van der Waals surface area contributed by atoms with Gasteiger partial charge in [0.25, 0.3) is 10.0 Å². The SMILES string of the molecule is Cc1sc(CO)cc1S(=O)(=O)Nc1cccc(Cl)c1F. The number of halogens is 2. The number of hydrogen-bond donors (Lipinski definition) is 2. The van der Waals surface area contributed by atoms with Gasteiger partial charge in [0.2, 0.25) is 0 Å². The number of benzene rings is 1. The number of aliphatic hydroxyl groups is 1. The number of thiophene rings is 1. The first-order valence-electron chi connectivity index (χ1n) is 5.52. The van der Waals surface area contributed by atoms with E-state index < -0.39 is 15.8 Å². The summed E-state index contributed by atoms with van der Waals surface area (Å²) in [4.78, 5) is 1.06. The van der Waals surface area contributed by atoms with Crippen LogP contribution in [0.15, 0.2) is 29.2 Å². The maximum atomic E-state index is 13.7. The zero-order valence-corrected chi connectivity index (χ0v) is 12.7. The molecule has 4 nitrogen and oxygen atoms in total. The minimum absolute atomic E-state index is 0.0194. The summed E-state index contributed by atoms with van der Waals surface area (Å²) in [6.07, 6.45) is 0. The molecule has 0 bridgehead atoms. The Kier molecular flexibility index (Phi) is 4.33. The van der Waals surface area contributed by atoms with Gasteiger partial charge >= 0.3 is 0 Å². The van der Waals surface area contributed by atoms with Crippen molar-refractivity contribution in [3.8, 4) is 0 Å². The van der Waals surface area contributed by atoms with E-state index in [-0.39, 0.29) is 22.2 Å². The summed E-state index contributed by atoms with van der Waals surface area (Å²) in [5, 5.41) is 8.87. The second-order valence-electron chi connectivity index (χ2n) is 4.00. The molecule has 1 aromatic carbocycles. The first-order chi connectivity index (χ1) is 9.35. The fraction of sp³-hybridized carbons (Fsp3) is 0.167. The van der Waals surface area contributed by atoms with Crippen LogP contribution in [0.3, 0.4) is 0 Å². The topological polar surface area (TPSA) is 66.4 Å². The number of aliphatic hydroxyl groups excluding tert-OH is 1. The van der Waals surface area contributed by atoms with Crippen LogP contribution in [-0.4, -0.2) is 13.5 Å². The third kappa shape index (κ3) is 2.95. The zero-order chi connectivity index (χ0) is 14.9. The van der Waals surface area contributed by atoms with Crippen LogP contribution in [0.2, 0.25) is 5.02 Å². The Morgan fingerprint density at radius 2 is 2.15 bits per heavy atom. The molecule has 0 fully saturated rings. The molecule has 1 aromatic heterocycles. The maximum absolute atomic E-state index is 13.7. The van der Waals surface area contributed by atoms with Crippen molar-refractivity contribution in [2.75, 3.05) is 4.72 Å². The van der Waals surface area contributed by atoms with Crippen molar-refractivity contribution in [3.63, 3.8) is 0 Å². The Balaban J connectivity index is 2.40. The Morgan fingerprint density at radius 3 is 2.75 bits per heavy atom. The van der Waals surface area contributed by atoms with Gasteiger partial charge in [0.1, 0.15) is 4.90 Å². The second-order valence-corrected chi connectivity index (χ2v) is 7.40. The highest BCUT2D eigenvalue weighted by Crippen LogP contribution is 2.29. The van der Waals surface area contributed by atoms with Crippen molar-refractivity contribution < 1.29 is 17.9 Å². The molecule has 2 aromatic rings. The van der Waals surface area contributed by atoms with Gasteiger partial charge in [0, 0.05) is 9.75 Å². The van der Waals surface area contributed by atoms with Crippen molar-refractivity contribution >= 4 is 38.6 Å². The average molecular weight is 336 g/mol. The van der Waals surface area contributed by atoms with E-state index in [1.54, 1.807) is 6.92 Å². The molecule has 0 spiro atoms. The Hall–Kier alpha value is -1.15. The van der Waals surface area contributed by atoms with Crippen LogP contribution >= 0.6 is 22.9 Å². The molecule has 0 aliphatic carbocycles. The molecule has 0 radical (unpaired) electrons. The second kappa shape index (κ2) is 5.69. The molecular weight excluding hydrogens is 325 g/mol. The van der Waals surface area contributed by atoms with Crippen LogP contribution < -0.4 is 4.72 Å². The standard InChI is InChI=1S/C12H11ClFNO3S2/c1-7-11(5-8(6-16)19-7)20(17,18)15-10-4-2-3-9(13)12(10)14/h2-5,15-16H,6H2,1H3. The van der Waals surface area contributed by atoms with E-state index in [1.807, 2.05) is 0 Å². The Labute approximate surface area is 124 Å². The van der Waals surface area contributed by atoms with Gasteiger partial charge in [0.05, 0.1) is 17.3 Å². The van der Waals surface area contributed by atoms with Crippen LogP contribution in [0.5, 0.6) is 0 Å². The van der Waals surface area contributed by atoms with Crippen molar-refractivity contribution in [3.05, 3.63) is 44.9 Å². The van der Waals surface area contributed by atoms with Crippen LogP contribution in [0.4, 0.5) is 10.1 Å². The monoisotopic (exact) mass is 335 g/mol. The van der Waals surface area contributed by atoms with Gasteiger partial charge in [-0.05, 0) is 25.1 Å². The van der Waals surface area contributed by atoms with Gasteiger partial charge < -0.3 is 5.11 Å². The summed E-state index contributed by atoms with van der Waals surface area (Å²) in [7, 11) is -3.92. The summed E-state index contributed by atoms with van der Waals surface area (Å²) in [5.41, 5.74) is -0.214. The molecule has 108 valence electrons. The third-order valence-corrected chi connectivity index (χ3v) is 5.51. The molecule has 0 amide bonds. The number of rotatable bonds is 4. The molecule has 1 heterocycles. The normalized spacial score (nSPS) is 11.6. The molecule has 0 aliphatic heterocycles. The van der Waals surface area contributed by atoms with Gasteiger partial charge in [-0.15, -0.1) is 11.3 Å². The molecular formula is C12H11ClFNO3S2. The van der Waals surface area contributed by atoms with E-state index in [2.05, 4.69) is 4.72 Å².